The molecule has 180 valence electrons. The highest BCUT2D eigenvalue weighted by atomic mass is 16.5. The smallest absolute Gasteiger partial charge is 0.244 e. The van der Waals surface area contributed by atoms with Crippen molar-refractivity contribution in [2.45, 2.75) is 33.7 Å². The summed E-state index contributed by atoms with van der Waals surface area (Å²) in [6.45, 7) is 8.35. The molecule has 4 rings (SSSR count). The second kappa shape index (κ2) is 10.5. The van der Waals surface area contributed by atoms with Gasteiger partial charge in [-0.3, -0.25) is 4.79 Å². The number of amides is 1. The van der Waals surface area contributed by atoms with Gasteiger partial charge in [-0.2, -0.15) is 0 Å². The van der Waals surface area contributed by atoms with Crippen LogP contribution in [0.5, 0.6) is 11.5 Å². The number of aryl methyl sites for hydroxylation is 1. The molecule has 0 aliphatic rings. The van der Waals surface area contributed by atoms with Crippen molar-refractivity contribution in [3.63, 3.8) is 0 Å². The lowest BCUT2D eigenvalue weighted by Gasteiger charge is -2.16. The first-order valence-corrected chi connectivity index (χ1v) is 11.8. The first-order chi connectivity index (χ1) is 16.9. The minimum Gasteiger partial charge on any atom is -0.497 e. The standard InChI is InChI=1S/C30H31NO4/c1-6-34-29-20(3)30-26(27(18-35-30)23-13-10-14-24(16-23)33-5)17-25(29)19(2)15-28(32)31-21(4)22-11-8-7-9-12-22/h7-18,21H,6H2,1-5H3,(H,31,32)/b19-15+. The Hall–Kier alpha value is -3.99. The zero-order valence-corrected chi connectivity index (χ0v) is 20.8. The number of carbonyl (C=O) groups excluding carboxylic acids is 1. The lowest BCUT2D eigenvalue weighted by atomic mass is 9.96. The summed E-state index contributed by atoms with van der Waals surface area (Å²) in [6.07, 6.45) is 3.40. The van der Waals surface area contributed by atoms with Gasteiger partial charge in [0.05, 0.1) is 26.0 Å². The highest BCUT2D eigenvalue weighted by molar-refractivity contribution is 6.01. The van der Waals surface area contributed by atoms with Crippen LogP contribution in [0.1, 0.15) is 43.5 Å². The summed E-state index contributed by atoms with van der Waals surface area (Å²) in [6, 6.07) is 19.7. The average Bonchev–Trinajstić information content (AvgIpc) is 3.30. The van der Waals surface area contributed by atoms with E-state index in [-0.39, 0.29) is 11.9 Å². The highest BCUT2D eigenvalue weighted by Gasteiger charge is 2.19. The Bertz CT molecular complexity index is 1370. The van der Waals surface area contributed by atoms with Gasteiger partial charge in [-0.05, 0) is 62.6 Å². The van der Waals surface area contributed by atoms with Crippen LogP contribution in [0, 0.1) is 6.92 Å². The van der Waals surface area contributed by atoms with E-state index in [4.69, 9.17) is 13.9 Å². The van der Waals surface area contributed by atoms with Crippen molar-refractivity contribution in [3.8, 4) is 22.6 Å². The van der Waals surface area contributed by atoms with Gasteiger partial charge in [0, 0.05) is 28.2 Å². The third-order valence-corrected chi connectivity index (χ3v) is 6.14. The fourth-order valence-electron chi connectivity index (χ4n) is 4.31. The molecule has 1 heterocycles. The summed E-state index contributed by atoms with van der Waals surface area (Å²) in [5.41, 5.74) is 6.36. The van der Waals surface area contributed by atoms with Gasteiger partial charge in [0.1, 0.15) is 17.1 Å². The van der Waals surface area contributed by atoms with Gasteiger partial charge < -0.3 is 19.2 Å². The number of furan rings is 1. The fourth-order valence-corrected chi connectivity index (χ4v) is 4.31. The Morgan fingerprint density at radius 1 is 1.11 bits per heavy atom. The van der Waals surface area contributed by atoms with Crippen molar-refractivity contribution < 1.29 is 18.7 Å². The van der Waals surface area contributed by atoms with E-state index in [1.54, 1.807) is 19.4 Å². The quantitative estimate of drug-likeness (QED) is 0.280. The summed E-state index contributed by atoms with van der Waals surface area (Å²) in [4.78, 5) is 12.9. The highest BCUT2D eigenvalue weighted by Crippen LogP contribution is 2.41. The molecule has 1 amide bonds. The third kappa shape index (κ3) is 5.09. The Morgan fingerprint density at radius 2 is 1.89 bits per heavy atom. The molecule has 0 fully saturated rings. The number of nitrogens with one attached hydrogen (secondary N) is 1. The second-order valence-electron chi connectivity index (χ2n) is 8.54. The van der Waals surface area contributed by atoms with Crippen molar-refractivity contribution in [1.82, 2.24) is 5.32 Å². The Morgan fingerprint density at radius 3 is 2.60 bits per heavy atom. The Balaban J connectivity index is 1.74. The molecule has 0 aliphatic carbocycles. The summed E-state index contributed by atoms with van der Waals surface area (Å²) < 4.78 is 17.4. The summed E-state index contributed by atoms with van der Waals surface area (Å²) in [5, 5.41) is 4.01. The monoisotopic (exact) mass is 469 g/mol. The average molecular weight is 470 g/mol. The van der Waals surface area contributed by atoms with Crippen molar-refractivity contribution >= 4 is 22.4 Å². The Kier molecular flexibility index (Phi) is 7.25. The topological polar surface area (TPSA) is 60.7 Å². The first kappa shape index (κ1) is 24.1. The molecule has 35 heavy (non-hydrogen) atoms. The minimum absolute atomic E-state index is 0.100. The van der Waals surface area contributed by atoms with Crippen LogP contribution in [-0.4, -0.2) is 19.6 Å². The van der Waals surface area contributed by atoms with Crippen molar-refractivity contribution in [2.75, 3.05) is 13.7 Å². The number of allylic oxidation sites excluding steroid dienone is 1. The lowest BCUT2D eigenvalue weighted by molar-refractivity contribution is -0.117. The molecule has 5 nitrogen and oxygen atoms in total. The van der Waals surface area contributed by atoms with Crippen LogP contribution in [-0.2, 0) is 4.79 Å². The van der Waals surface area contributed by atoms with E-state index in [9.17, 15) is 4.79 Å². The number of benzene rings is 3. The number of fused-ring (bicyclic) bond motifs is 1. The normalized spacial score (nSPS) is 12.4. The number of ether oxygens (including phenoxy) is 2. The maximum absolute atomic E-state index is 12.9. The Labute approximate surface area is 206 Å². The van der Waals surface area contributed by atoms with Gasteiger partial charge in [-0.1, -0.05) is 42.5 Å². The molecule has 0 aliphatic heterocycles. The molecule has 1 aromatic heterocycles. The molecular weight excluding hydrogens is 438 g/mol. The van der Waals surface area contributed by atoms with Gasteiger partial charge in [0.25, 0.3) is 0 Å². The summed E-state index contributed by atoms with van der Waals surface area (Å²) in [5.74, 6) is 1.35. The number of hydrogen-bond donors (Lipinski definition) is 1. The van der Waals surface area contributed by atoms with Crippen molar-refractivity contribution in [2.24, 2.45) is 0 Å². The van der Waals surface area contributed by atoms with Crippen LogP contribution in [0.3, 0.4) is 0 Å². The minimum atomic E-state index is -0.153. The molecule has 1 N–H and O–H groups in total. The van der Waals surface area contributed by atoms with Crippen molar-refractivity contribution in [3.05, 3.63) is 89.7 Å². The number of carbonyl (C=O) groups is 1. The summed E-state index contributed by atoms with van der Waals surface area (Å²) >= 11 is 0. The lowest BCUT2D eigenvalue weighted by Crippen LogP contribution is -2.24. The molecule has 3 aromatic carbocycles. The first-order valence-electron chi connectivity index (χ1n) is 11.8. The van der Waals surface area contributed by atoms with Gasteiger partial charge in [-0.25, -0.2) is 0 Å². The molecule has 0 spiro atoms. The van der Waals surface area contributed by atoms with E-state index < -0.39 is 0 Å². The molecule has 0 bridgehead atoms. The van der Waals surface area contributed by atoms with Gasteiger partial charge in [0.15, 0.2) is 0 Å². The van der Waals surface area contributed by atoms with Crippen LogP contribution in [0.4, 0.5) is 0 Å². The molecule has 1 atom stereocenters. The predicted molar refractivity (Wildman–Crippen MR) is 141 cm³/mol. The molecule has 0 saturated carbocycles. The van der Waals surface area contributed by atoms with Gasteiger partial charge in [0.2, 0.25) is 5.91 Å². The fraction of sp³-hybridized carbons (Fsp3) is 0.233. The molecule has 0 saturated heterocycles. The molecule has 4 aromatic rings. The maximum atomic E-state index is 12.9. The van der Waals surface area contributed by atoms with E-state index >= 15 is 0 Å². The van der Waals surface area contributed by atoms with E-state index in [0.717, 1.165) is 55.9 Å². The van der Waals surface area contributed by atoms with E-state index in [2.05, 4.69) is 5.32 Å². The van der Waals surface area contributed by atoms with Crippen LogP contribution >= 0.6 is 0 Å². The number of methoxy groups -OCH3 is 1. The van der Waals surface area contributed by atoms with Crippen LogP contribution in [0.2, 0.25) is 0 Å². The molecule has 1 unspecified atom stereocenters. The predicted octanol–water partition coefficient (Wildman–Crippen LogP) is 7.10. The van der Waals surface area contributed by atoms with Crippen LogP contribution in [0.15, 0.2) is 77.4 Å². The largest absolute Gasteiger partial charge is 0.497 e. The van der Waals surface area contributed by atoms with Gasteiger partial charge in [-0.15, -0.1) is 0 Å². The zero-order valence-electron chi connectivity index (χ0n) is 20.8. The third-order valence-electron chi connectivity index (χ3n) is 6.14. The van der Waals surface area contributed by atoms with Crippen molar-refractivity contribution in [1.29, 1.82) is 0 Å². The SMILES string of the molecule is CCOc1c(/C(C)=C/C(=O)NC(C)c2ccccc2)cc2c(-c3cccc(OC)c3)coc2c1C. The second-order valence-corrected chi connectivity index (χ2v) is 8.54. The molecular formula is C30H31NO4. The van der Waals surface area contributed by atoms with Gasteiger partial charge >= 0.3 is 0 Å². The number of hydrogen-bond acceptors (Lipinski definition) is 4. The molecule has 0 radical (unpaired) electrons. The van der Waals surface area contributed by atoms with E-state index in [1.807, 2.05) is 88.4 Å². The van der Waals surface area contributed by atoms with E-state index in [1.165, 1.54) is 0 Å². The summed E-state index contributed by atoms with van der Waals surface area (Å²) in [7, 11) is 1.65. The number of rotatable bonds is 8. The van der Waals surface area contributed by atoms with E-state index in [0.29, 0.717) is 6.61 Å². The molecule has 5 heteroatoms. The maximum Gasteiger partial charge on any atom is 0.244 e. The van der Waals surface area contributed by atoms with Crippen LogP contribution < -0.4 is 14.8 Å². The zero-order chi connectivity index (χ0) is 24.9. The van der Waals surface area contributed by atoms with Crippen LogP contribution in [0.25, 0.3) is 27.7 Å².